The van der Waals surface area contributed by atoms with Crippen molar-refractivity contribution in [1.29, 1.82) is 0 Å². The van der Waals surface area contributed by atoms with Crippen molar-refractivity contribution in [1.82, 2.24) is 5.16 Å². The van der Waals surface area contributed by atoms with Crippen LogP contribution < -0.4 is 0 Å². The lowest BCUT2D eigenvalue weighted by atomic mass is 10.1. The number of esters is 1. The standard InChI is InChI=1S/C14H12BrNO4/c1-8-7-12(20-16-8)14(18)19-9(2)13(17)10-3-5-11(15)6-4-10/h3-7,9H,1-2H3. The third-order valence-corrected chi connectivity index (χ3v) is 3.14. The van der Waals surface area contributed by atoms with Gasteiger partial charge in [0.25, 0.3) is 0 Å². The lowest BCUT2D eigenvalue weighted by Gasteiger charge is -2.11. The maximum atomic E-state index is 12.1. The number of aryl methyl sites for hydroxylation is 1. The van der Waals surface area contributed by atoms with Crippen LogP contribution in [0.25, 0.3) is 0 Å². The largest absolute Gasteiger partial charge is 0.448 e. The summed E-state index contributed by atoms with van der Waals surface area (Å²) in [6.07, 6.45) is -0.894. The van der Waals surface area contributed by atoms with Crippen LogP contribution in [0.2, 0.25) is 0 Å². The van der Waals surface area contributed by atoms with Crippen molar-refractivity contribution in [2.24, 2.45) is 0 Å². The summed E-state index contributed by atoms with van der Waals surface area (Å²) in [5.41, 5.74) is 1.05. The van der Waals surface area contributed by atoms with Crippen LogP contribution in [0.3, 0.4) is 0 Å². The van der Waals surface area contributed by atoms with Crippen molar-refractivity contribution >= 4 is 27.7 Å². The van der Waals surface area contributed by atoms with Crippen LogP contribution in [0.4, 0.5) is 0 Å². The SMILES string of the molecule is Cc1cc(C(=O)OC(C)C(=O)c2ccc(Br)cc2)on1. The van der Waals surface area contributed by atoms with Gasteiger partial charge in [0.1, 0.15) is 0 Å². The highest BCUT2D eigenvalue weighted by atomic mass is 79.9. The highest BCUT2D eigenvalue weighted by Crippen LogP contribution is 2.14. The Morgan fingerprint density at radius 3 is 2.50 bits per heavy atom. The van der Waals surface area contributed by atoms with Crippen LogP contribution in [0.1, 0.15) is 33.5 Å². The molecule has 0 saturated carbocycles. The van der Waals surface area contributed by atoms with Gasteiger partial charge >= 0.3 is 5.97 Å². The Morgan fingerprint density at radius 1 is 1.30 bits per heavy atom. The number of hydrogen-bond donors (Lipinski definition) is 0. The monoisotopic (exact) mass is 337 g/mol. The molecule has 1 atom stereocenters. The number of hydrogen-bond acceptors (Lipinski definition) is 5. The Morgan fingerprint density at radius 2 is 1.95 bits per heavy atom. The van der Waals surface area contributed by atoms with Gasteiger partial charge in [0.05, 0.1) is 5.69 Å². The van der Waals surface area contributed by atoms with E-state index in [0.717, 1.165) is 4.47 Å². The van der Waals surface area contributed by atoms with Crippen LogP contribution in [-0.2, 0) is 4.74 Å². The molecule has 0 aliphatic rings. The van der Waals surface area contributed by atoms with Crippen molar-refractivity contribution in [3.05, 3.63) is 51.8 Å². The fourth-order valence-corrected chi connectivity index (χ4v) is 1.85. The molecule has 0 bridgehead atoms. The van der Waals surface area contributed by atoms with E-state index in [9.17, 15) is 9.59 Å². The van der Waals surface area contributed by atoms with Crippen LogP contribution in [0, 0.1) is 6.92 Å². The molecule has 1 unspecified atom stereocenters. The first-order valence-corrected chi connectivity index (χ1v) is 6.71. The molecule has 0 N–H and O–H groups in total. The first-order chi connectivity index (χ1) is 9.47. The quantitative estimate of drug-likeness (QED) is 0.633. The average Bonchev–Trinajstić information content (AvgIpc) is 2.85. The van der Waals surface area contributed by atoms with E-state index in [0.29, 0.717) is 11.3 Å². The maximum Gasteiger partial charge on any atom is 0.377 e. The van der Waals surface area contributed by atoms with E-state index in [1.54, 1.807) is 31.2 Å². The Hall–Kier alpha value is -1.95. The number of nitrogens with zero attached hydrogens (tertiary/aromatic N) is 1. The normalized spacial score (nSPS) is 11.9. The minimum atomic E-state index is -0.894. The number of Topliss-reactive ketones (excluding diaryl/α,β-unsaturated/α-hetero) is 1. The molecule has 0 aliphatic carbocycles. The Bertz CT molecular complexity index is 633. The third kappa shape index (κ3) is 3.33. The molecule has 1 aromatic carbocycles. The van der Waals surface area contributed by atoms with Gasteiger partial charge in [0, 0.05) is 16.1 Å². The topological polar surface area (TPSA) is 69.4 Å². The third-order valence-electron chi connectivity index (χ3n) is 2.61. The van der Waals surface area contributed by atoms with Gasteiger partial charge in [0.15, 0.2) is 6.10 Å². The summed E-state index contributed by atoms with van der Waals surface area (Å²) in [6.45, 7) is 3.21. The Labute approximate surface area is 124 Å². The summed E-state index contributed by atoms with van der Waals surface area (Å²) in [5, 5.41) is 3.59. The molecular formula is C14H12BrNO4. The van der Waals surface area contributed by atoms with Crippen LogP contribution in [0.15, 0.2) is 39.3 Å². The molecule has 0 amide bonds. The van der Waals surface area contributed by atoms with Gasteiger partial charge in [-0.25, -0.2) is 4.79 Å². The summed E-state index contributed by atoms with van der Waals surface area (Å²) in [7, 11) is 0. The molecule has 2 rings (SSSR count). The van der Waals surface area contributed by atoms with Crippen molar-refractivity contribution in [2.45, 2.75) is 20.0 Å². The number of ether oxygens (including phenoxy) is 1. The van der Waals surface area contributed by atoms with E-state index in [1.807, 2.05) is 0 Å². The van der Waals surface area contributed by atoms with E-state index in [-0.39, 0.29) is 11.5 Å². The van der Waals surface area contributed by atoms with Gasteiger partial charge in [0.2, 0.25) is 11.5 Å². The predicted molar refractivity (Wildman–Crippen MR) is 74.6 cm³/mol. The Kier molecular flexibility index (Phi) is 4.34. The first kappa shape index (κ1) is 14.5. The molecule has 5 nitrogen and oxygen atoms in total. The maximum absolute atomic E-state index is 12.1. The second-order valence-electron chi connectivity index (χ2n) is 4.25. The molecule has 2 aromatic rings. The van der Waals surface area contributed by atoms with Gasteiger partial charge in [-0.2, -0.15) is 0 Å². The highest BCUT2D eigenvalue weighted by Gasteiger charge is 2.22. The van der Waals surface area contributed by atoms with Crippen LogP contribution in [-0.4, -0.2) is 23.0 Å². The summed E-state index contributed by atoms with van der Waals surface area (Å²) in [5.74, 6) is -0.997. The molecule has 1 aromatic heterocycles. The van der Waals surface area contributed by atoms with Crippen LogP contribution >= 0.6 is 15.9 Å². The molecule has 0 spiro atoms. The second kappa shape index (κ2) is 6.00. The first-order valence-electron chi connectivity index (χ1n) is 5.91. The molecule has 6 heteroatoms. The van der Waals surface area contributed by atoms with E-state index in [4.69, 9.17) is 9.26 Å². The van der Waals surface area contributed by atoms with Gasteiger partial charge in [-0.3, -0.25) is 4.79 Å². The summed E-state index contributed by atoms with van der Waals surface area (Å²) < 4.78 is 10.7. The zero-order valence-corrected chi connectivity index (χ0v) is 12.5. The zero-order valence-electron chi connectivity index (χ0n) is 10.9. The molecule has 0 fully saturated rings. The number of rotatable bonds is 4. The smallest absolute Gasteiger partial charge is 0.377 e. The molecule has 1 heterocycles. The number of carbonyl (C=O) groups is 2. The van der Waals surface area contributed by atoms with Gasteiger partial charge < -0.3 is 9.26 Å². The lowest BCUT2D eigenvalue weighted by molar-refractivity contribution is 0.0281. The van der Waals surface area contributed by atoms with E-state index in [1.165, 1.54) is 13.0 Å². The van der Waals surface area contributed by atoms with Gasteiger partial charge in [-0.05, 0) is 26.0 Å². The zero-order chi connectivity index (χ0) is 14.7. The molecule has 20 heavy (non-hydrogen) atoms. The predicted octanol–water partition coefficient (Wildman–Crippen LogP) is 3.17. The average molecular weight is 338 g/mol. The van der Waals surface area contributed by atoms with E-state index >= 15 is 0 Å². The molecule has 0 aliphatic heterocycles. The second-order valence-corrected chi connectivity index (χ2v) is 5.17. The number of halogens is 1. The summed E-state index contributed by atoms with van der Waals surface area (Å²) in [6, 6.07) is 8.28. The van der Waals surface area contributed by atoms with Gasteiger partial charge in [-0.1, -0.05) is 33.2 Å². The van der Waals surface area contributed by atoms with E-state index in [2.05, 4.69) is 21.1 Å². The van der Waals surface area contributed by atoms with Crippen LogP contribution in [0.5, 0.6) is 0 Å². The molecule has 0 saturated heterocycles. The summed E-state index contributed by atoms with van der Waals surface area (Å²) in [4.78, 5) is 23.8. The number of aromatic nitrogens is 1. The molecular weight excluding hydrogens is 326 g/mol. The molecule has 104 valence electrons. The van der Waals surface area contributed by atoms with Gasteiger partial charge in [-0.15, -0.1) is 0 Å². The lowest BCUT2D eigenvalue weighted by Crippen LogP contribution is -2.24. The van der Waals surface area contributed by atoms with Crippen molar-refractivity contribution in [2.75, 3.05) is 0 Å². The van der Waals surface area contributed by atoms with Crippen molar-refractivity contribution in [3.8, 4) is 0 Å². The number of carbonyl (C=O) groups excluding carboxylic acids is 2. The minimum absolute atomic E-state index is 0.0158. The minimum Gasteiger partial charge on any atom is -0.448 e. The number of benzene rings is 1. The van der Waals surface area contributed by atoms with E-state index < -0.39 is 12.1 Å². The Balaban J connectivity index is 2.04. The fourth-order valence-electron chi connectivity index (χ4n) is 1.58. The highest BCUT2D eigenvalue weighted by molar-refractivity contribution is 9.10. The number of ketones is 1. The molecule has 0 radical (unpaired) electrons. The van der Waals surface area contributed by atoms with Crippen molar-refractivity contribution in [3.63, 3.8) is 0 Å². The fraction of sp³-hybridized carbons (Fsp3) is 0.214. The summed E-state index contributed by atoms with van der Waals surface area (Å²) >= 11 is 3.29. The van der Waals surface area contributed by atoms with Crippen molar-refractivity contribution < 1.29 is 18.8 Å².